The summed E-state index contributed by atoms with van der Waals surface area (Å²) in [4.78, 5) is 11.8. The van der Waals surface area contributed by atoms with E-state index in [2.05, 4.69) is 28.2 Å². The van der Waals surface area contributed by atoms with Crippen LogP contribution in [0.15, 0.2) is 22.7 Å². The summed E-state index contributed by atoms with van der Waals surface area (Å²) in [6.45, 7) is 2.15. The zero-order valence-corrected chi connectivity index (χ0v) is 10.8. The number of halogens is 1. The lowest BCUT2D eigenvalue weighted by Gasteiger charge is -2.05. The predicted molar refractivity (Wildman–Crippen MR) is 68.2 cm³/mol. The van der Waals surface area contributed by atoms with Crippen molar-refractivity contribution in [3.8, 4) is 0 Å². The van der Waals surface area contributed by atoms with Gasteiger partial charge in [0.1, 0.15) is 0 Å². The molecular formula is C12H15BrN2O. The fraction of sp³-hybridized carbons (Fsp3) is 0.417. The molecule has 1 aromatic rings. The van der Waals surface area contributed by atoms with Crippen LogP contribution in [-0.4, -0.2) is 11.9 Å². The van der Waals surface area contributed by atoms with E-state index in [1.807, 2.05) is 0 Å². The van der Waals surface area contributed by atoms with Crippen LogP contribution in [0.2, 0.25) is 0 Å². The highest BCUT2D eigenvalue weighted by Gasteiger charge is 2.36. The molecule has 1 aliphatic rings. The predicted octanol–water partition coefficient (Wildman–Crippen LogP) is 2.56. The smallest absolute Gasteiger partial charge is 0.251 e. The number of amides is 1. The van der Waals surface area contributed by atoms with E-state index in [0.29, 0.717) is 23.2 Å². The molecule has 4 heteroatoms. The van der Waals surface area contributed by atoms with E-state index in [1.165, 1.54) is 0 Å². The second-order valence-electron chi connectivity index (χ2n) is 4.22. The number of hydrogen-bond acceptors (Lipinski definition) is 2. The lowest BCUT2D eigenvalue weighted by atomic mass is 10.2. The van der Waals surface area contributed by atoms with Crippen molar-refractivity contribution in [3.63, 3.8) is 0 Å². The minimum Gasteiger partial charge on any atom is -0.398 e. The lowest BCUT2D eigenvalue weighted by molar-refractivity contribution is 0.0949. The fourth-order valence-corrected chi connectivity index (χ4v) is 2.17. The monoisotopic (exact) mass is 282 g/mol. The molecule has 3 N–H and O–H groups in total. The van der Waals surface area contributed by atoms with Gasteiger partial charge >= 0.3 is 0 Å². The minimum absolute atomic E-state index is 0.0124. The molecule has 0 saturated heterocycles. The Hall–Kier alpha value is -1.03. The minimum atomic E-state index is -0.0124. The molecule has 1 aromatic carbocycles. The van der Waals surface area contributed by atoms with E-state index in [1.54, 1.807) is 18.2 Å². The van der Waals surface area contributed by atoms with Crippen LogP contribution in [0.4, 0.5) is 5.69 Å². The van der Waals surface area contributed by atoms with Crippen LogP contribution in [0.1, 0.15) is 30.1 Å². The first-order valence-corrected chi connectivity index (χ1v) is 6.27. The number of hydrogen-bond donors (Lipinski definition) is 2. The highest BCUT2D eigenvalue weighted by atomic mass is 79.9. The molecule has 0 radical (unpaired) electrons. The van der Waals surface area contributed by atoms with E-state index in [-0.39, 0.29) is 5.91 Å². The molecule has 0 aliphatic heterocycles. The van der Waals surface area contributed by atoms with Crippen LogP contribution in [-0.2, 0) is 0 Å². The van der Waals surface area contributed by atoms with Gasteiger partial charge in [-0.1, -0.05) is 13.3 Å². The van der Waals surface area contributed by atoms with E-state index >= 15 is 0 Å². The summed E-state index contributed by atoms with van der Waals surface area (Å²) in [5.74, 6) is 0.655. The molecule has 3 nitrogen and oxygen atoms in total. The average molecular weight is 283 g/mol. The average Bonchev–Trinajstić information content (AvgIpc) is 3.00. The second-order valence-corrected chi connectivity index (χ2v) is 5.07. The van der Waals surface area contributed by atoms with Crippen molar-refractivity contribution < 1.29 is 4.79 Å². The number of nitrogens with one attached hydrogen (secondary N) is 1. The highest BCUT2D eigenvalue weighted by molar-refractivity contribution is 9.10. The molecule has 2 unspecified atom stereocenters. The quantitative estimate of drug-likeness (QED) is 0.838. The molecule has 86 valence electrons. The number of carbonyl (C=O) groups is 1. The van der Waals surface area contributed by atoms with Gasteiger partial charge in [0.05, 0.1) is 0 Å². The van der Waals surface area contributed by atoms with Crippen molar-refractivity contribution in [2.24, 2.45) is 5.92 Å². The summed E-state index contributed by atoms with van der Waals surface area (Å²) in [6, 6.07) is 5.62. The van der Waals surface area contributed by atoms with Crippen molar-refractivity contribution in [1.82, 2.24) is 5.32 Å². The summed E-state index contributed by atoms with van der Waals surface area (Å²) in [6.07, 6.45) is 2.24. The van der Waals surface area contributed by atoms with Gasteiger partial charge in [0, 0.05) is 21.8 Å². The van der Waals surface area contributed by atoms with Crippen molar-refractivity contribution >= 4 is 27.5 Å². The van der Waals surface area contributed by atoms with Crippen LogP contribution < -0.4 is 11.1 Å². The second kappa shape index (κ2) is 4.45. The first-order chi connectivity index (χ1) is 7.61. The van der Waals surface area contributed by atoms with Crippen molar-refractivity contribution in [3.05, 3.63) is 28.2 Å². The largest absolute Gasteiger partial charge is 0.398 e. The van der Waals surface area contributed by atoms with Gasteiger partial charge in [-0.2, -0.15) is 0 Å². The summed E-state index contributed by atoms with van der Waals surface area (Å²) in [7, 11) is 0. The highest BCUT2D eigenvalue weighted by Crippen LogP contribution is 2.33. The molecule has 0 aromatic heterocycles. The van der Waals surface area contributed by atoms with Crippen molar-refractivity contribution in [1.29, 1.82) is 0 Å². The number of rotatable bonds is 3. The fourth-order valence-electron chi connectivity index (χ4n) is 1.80. The normalized spacial score (nSPS) is 22.9. The van der Waals surface area contributed by atoms with Gasteiger partial charge in [-0.3, -0.25) is 4.79 Å². The number of carbonyl (C=O) groups excluding carboxylic acids is 1. The molecule has 0 bridgehead atoms. The van der Waals surface area contributed by atoms with E-state index < -0.39 is 0 Å². The molecule has 16 heavy (non-hydrogen) atoms. The summed E-state index contributed by atoms with van der Waals surface area (Å²) >= 11 is 3.32. The number of nitrogen functional groups attached to an aromatic ring is 1. The SMILES string of the molecule is CCC1CC1NC(=O)c1ccc(N)c(Br)c1. The van der Waals surface area contributed by atoms with Crippen molar-refractivity contribution in [2.75, 3.05) is 5.73 Å². The lowest BCUT2D eigenvalue weighted by Crippen LogP contribution is -2.26. The Morgan fingerprint density at radius 2 is 2.38 bits per heavy atom. The topological polar surface area (TPSA) is 55.1 Å². The third-order valence-electron chi connectivity index (χ3n) is 3.03. The molecule has 2 atom stereocenters. The maximum atomic E-state index is 11.8. The Morgan fingerprint density at radius 3 is 2.94 bits per heavy atom. The van der Waals surface area contributed by atoms with Gasteiger partial charge in [-0.15, -0.1) is 0 Å². The Labute approximate surface area is 104 Å². The third kappa shape index (κ3) is 2.38. The number of benzene rings is 1. The van der Waals surface area contributed by atoms with Gasteiger partial charge < -0.3 is 11.1 Å². The molecule has 1 amide bonds. The third-order valence-corrected chi connectivity index (χ3v) is 3.71. The standard InChI is InChI=1S/C12H15BrN2O/c1-2-7-6-11(7)15-12(16)8-3-4-10(14)9(13)5-8/h3-5,7,11H,2,6,14H2,1H3,(H,15,16). The van der Waals surface area contributed by atoms with Crippen molar-refractivity contribution in [2.45, 2.75) is 25.8 Å². The molecule has 1 aliphatic carbocycles. The maximum absolute atomic E-state index is 11.8. The van der Waals surface area contributed by atoms with Gasteiger partial charge in [-0.05, 0) is 46.5 Å². The molecule has 1 fully saturated rings. The summed E-state index contributed by atoms with van der Waals surface area (Å²) in [5.41, 5.74) is 6.97. The van der Waals surface area contributed by atoms with E-state index in [9.17, 15) is 4.79 Å². The van der Waals surface area contributed by atoms with Crippen LogP contribution in [0.3, 0.4) is 0 Å². The number of nitrogens with two attached hydrogens (primary N) is 1. The Kier molecular flexibility index (Phi) is 3.19. The first kappa shape index (κ1) is 11.5. The van der Waals surface area contributed by atoms with Crippen LogP contribution >= 0.6 is 15.9 Å². The van der Waals surface area contributed by atoms with Gasteiger partial charge in [0.25, 0.3) is 5.91 Å². The van der Waals surface area contributed by atoms with Gasteiger partial charge in [0.2, 0.25) is 0 Å². The maximum Gasteiger partial charge on any atom is 0.251 e. The molecular weight excluding hydrogens is 268 g/mol. The van der Waals surface area contributed by atoms with E-state index in [4.69, 9.17) is 5.73 Å². The van der Waals surface area contributed by atoms with Crippen LogP contribution in [0.25, 0.3) is 0 Å². The molecule has 2 rings (SSSR count). The zero-order chi connectivity index (χ0) is 11.7. The zero-order valence-electron chi connectivity index (χ0n) is 9.16. The Balaban J connectivity index is 2.01. The Bertz CT molecular complexity index is 419. The van der Waals surface area contributed by atoms with Gasteiger partial charge in [0.15, 0.2) is 0 Å². The Morgan fingerprint density at radius 1 is 1.62 bits per heavy atom. The van der Waals surface area contributed by atoms with Crippen LogP contribution in [0, 0.1) is 5.92 Å². The molecule has 1 saturated carbocycles. The molecule has 0 spiro atoms. The van der Waals surface area contributed by atoms with Gasteiger partial charge in [-0.25, -0.2) is 0 Å². The number of anilines is 1. The summed E-state index contributed by atoms with van der Waals surface area (Å²) < 4.78 is 0.767. The summed E-state index contributed by atoms with van der Waals surface area (Å²) in [5, 5.41) is 3.02. The van der Waals surface area contributed by atoms with Crippen LogP contribution in [0.5, 0.6) is 0 Å². The first-order valence-electron chi connectivity index (χ1n) is 5.47. The van der Waals surface area contributed by atoms with E-state index in [0.717, 1.165) is 17.3 Å². The molecule has 0 heterocycles.